The molecule has 0 N–H and O–H groups in total. The Morgan fingerprint density at radius 2 is 1.65 bits per heavy atom. The fraction of sp³-hybridized carbons (Fsp3) is 0.300. The number of rotatable bonds is 5. The van der Waals surface area contributed by atoms with Gasteiger partial charge in [-0.05, 0) is 30.0 Å². The average molecular weight is 367 g/mol. The Kier molecular flexibility index (Phi) is 4.59. The van der Waals surface area contributed by atoms with E-state index in [-0.39, 0.29) is 4.90 Å². The zero-order chi connectivity index (χ0) is 18.0. The molecule has 6 heteroatoms. The van der Waals surface area contributed by atoms with E-state index in [2.05, 4.69) is 10.1 Å². The summed E-state index contributed by atoms with van der Waals surface area (Å²) in [6, 6.07) is 16.5. The van der Waals surface area contributed by atoms with Crippen molar-refractivity contribution in [1.82, 2.24) is 14.2 Å². The lowest BCUT2D eigenvalue weighted by molar-refractivity contribution is 0.546. The molecular weight excluding hydrogens is 346 g/mol. The van der Waals surface area contributed by atoms with Gasteiger partial charge in [0.15, 0.2) is 5.82 Å². The Morgan fingerprint density at radius 1 is 0.962 bits per heavy atom. The van der Waals surface area contributed by atoms with Crippen LogP contribution in [-0.2, 0) is 16.4 Å². The quantitative estimate of drug-likeness (QED) is 0.686. The van der Waals surface area contributed by atoms with Crippen molar-refractivity contribution in [3.8, 4) is 11.4 Å². The van der Waals surface area contributed by atoms with Gasteiger partial charge < -0.3 is 0 Å². The van der Waals surface area contributed by atoms with Gasteiger partial charge in [0, 0.05) is 5.56 Å². The lowest BCUT2D eigenvalue weighted by atomic mass is 9.98. The van der Waals surface area contributed by atoms with Crippen LogP contribution in [0.15, 0.2) is 65.8 Å². The van der Waals surface area contributed by atoms with Crippen LogP contribution in [0.2, 0.25) is 0 Å². The molecule has 1 heterocycles. The zero-order valence-electron chi connectivity index (χ0n) is 14.5. The highest BCUT2D eigenvalue weighted by atomic mass is 32.2. The van der Waals surface area contributed by atoms with Crippen LogP contribution in [0.4, 0.5) is 0 Å². The predicted octanol–water partition coefficient (Wildman–Crippen LogP) is 3.91. The molecule has 26 heavy (non-hydrogen) atoms. The minimum absolute atomic E-state index is 0.234. The van der Waals surface area contributed by atoms with E-state index in [1.165, 1.54) is 37.6 Å². The van der Waals surface area contributed by atoms with Crippen molar-refractivity contribution in [1.29, 1.82) is 0 Å². The highest BCUT2D eigenvalue weighted by Gasteiger charge is 2.20. The molecule has 1 fully saturated rings. The lowest BCUT2D eigenvalue weighted by Crippen LogP contribution is -2.13. The van der Waals surface area contributed by atoms with Crippen molar-refractivity contribution in [2.75, 3.05) is 0 Å². The molecule has 0 aliphatic heterocycles. The lowest BCUT2D eigenvalue weighted by Gasteiger charge is -2.09. The molecule has 0 atom stereocenters. The normalized spacial score (nSPS) is 15.4. The third-order valence-corrected chi connectivity index (χ3v) is 6.51. The maximum Gasteiger partial charge on any atom is 0.284 e. The second-order valence-electron chi connectivity index (χ2n) is 6.81. The molecule has 134 valence electrons. The fourth-order valence-corrected chi connectivity index (χ4v) is 4.59. The summed E-state index contributed by atoms with van der Waals surface area (Å²) in [6.45, 7) is 0. The monoisotopic (exact) mass is 367 g/mol. The van der Waals surface area contributed by atoms with E-state index in [1.54, 1.807) is 12.1 Å². The molecule has 0 saturated heterocycles. The summed E-state index contributed by atoms with van der Waals surface area (Å²) in [7, 11) is -3.73. The number of aromatic nitrogens is 3. The van der Waals surface area contributed by atoms with Gasteiger partial charge in [-0.25, -0.2) is 4.98 Å². The highest BCUT2D eigenvalue weighted by Crippen LogP contribution is 2.28. The molecular formula is C20H21N3O2S. The average Bonchev–Trinajstić information content (AvgIpc) is 3.35. The first-order chi connectivity index (χ1) is 12.6. The molecule has 1 saturated carbocycles. The molecule has 0 unspecified atom stereocenters. The van der Waals surface area contributed by atoms with E-state index in [0.717, 1.165) is 22.0 Å². The van der Waals surface area contributed by atoms with Crippen LogP contribution in [0.3, 0.4) is 0 Å². The van der Waals surface area contributed by atoms with Gasteiger partial charge in [0.2, 0.25) is 0 Å². The highest BCUT2D eigenvalue weighted by molar-refractivity contribution is 7.89. The first kappa shape index (κ1) is 17.0. The second kappa shape index (κ2) is 7.03. The first-order valence-corrected chi connectivity index (χ1v) is 10.4. The van der Waals surface area contributed by atoms with Gasteiger partial charge in [-0.3, -0.25) is 0 Å². The first-order valence-electron chi connectivity index (χ1n) is 8.94. The van der Waals surface area contributed by atoms with Crippen molar-refractivity contribution in [3.63, 3.8) is 0 Å². The molecule has 5 nitrogen and oxygen atoms in total. The summed E-state index contributed by atoms with van der Waals surface area (Å²) in [4.78, 5) is 4.37. The van der Waals surface area contributed by atoms with Crippen LogP contribution in [0.1, 0.15) is 31.2 Å². The summed E-state index contributed by atoms with van der Waals surface area (Å²) >= 11 is 0. The Bertz CT molecular complexity index is 973. The zero-order valence-corrected chi connectivity index (χ0v) is 15.3. The minimum atomic E-state index is -3.73. The summed E-state index contributed by atoms with van der Waals surface area (Å²) < 4.78 is 26.5. The van der Waals surface area contributed by atoms with Crippen molar-refractivity contribution >= 4 is 10.0 Å². The summed E-state index contributed by atoms with van der Waals surface area (Å²) in [5.74, 6) is 1.13. The fourth-order valence-electron chi connectivity index (χ4n) is 3.54. The van der Waals surface area contributed by atoms with Crippen molar-refractivity contribution in [3.05, 3.63) is 66.5 Å². The van der Waals surface area contributed by atoms with Gasteiger partial charge >= 0.3 is 0 Å². The standard InChI is InChI=1S/C20H21N3O2S/c24-26(25,23-15-21-20(22-23)18-8-2-1-3-9-18)19-12-10-17(11-13-19)14-16-6-4-5-7-16/h1-3,8-13,15-16H,4-7,14H2. The van der Waals surface area contributed by atoms with E-state index in [9.17, 15) is 8.42 Å². The van der Waals surface area contributed by atoms with Crippen LogP contribution in [0.5, 0.6) is 0 Å². The van der Waals surface area contributed by atoms with Gasteiger partial charge in [-0.15, -0.1) is 9.19 Å². The molecule has 1 aliphatic carbocycles. The van der Waals surface area contributed by atoms with Gasteiger partial charge in [0.05, 0.1) is 4.90 Å². The third-order valence-electron chi connectivity index (χ3n) is 4.97. The number of hydrogen-bond donors (Lipinski definition) is 0. The van der Waals surface area contributed by atoms with E-state index in [1.807, 2.05) is 42.5 Å². The van der Waals surface area contributed by atoms with Gasteiger partial charge in [-0.2, -0.15) is 8.42 Å². The van der Waals surface area contributed by atoms with Crippen molar-refractivity contribution < 1.29 is 8.42 Å². The molecule has 0 spiro atoms. The van der Waals surface area contributed by atoms with Gasteiger partial charge in [0.1, 0.15) is 6.33 Å². The van der Waals surface area contributed by atoms with E-state index in [4.69, 9.17) is 0 Å². The molecule has 3 aromatic rings. The molecule has 4 rings (SSSR count). The number of benzene rings is 2. The van der Waals surface area contributed by atoms with Crippen molar-refractivity contribution in [2.45, 2.75) is 37.0 Å². The van der Waals surface area contributed by atoms with Crippen LogP contribution in [0.25, 0.3) is 11.4 Å². The minimum Gasteiger partial charge on any atom is -0.214 e. The maximum absolute atomic E-state index is 12.8. The van der Waals surface area contributed by atoms with Crippen molar-refractivity contribution in [2.24, 2.45) is 5.92 Å². The van der Waals surface area contributed by atoms with Gasteiger partial charge in [0.25, 0.3) is 10.0 Å². The SMILES string of the molecule is O=S(=O)(c1ccc(CC2CCCC2)cc1)n1cnc(-c2ccccc2)n1. The molecule has 2 aromatic carbocycles. The summed E-state index contributed by atoms with van der Waals surface area (Å²) in [6.07, 6.45) is 7.47. The van der Waals surface area contributed by atoms with E-state index >= 15 is 0 Å². The Balaban J connectivity index is 1.55. The molecule has 0 amide bonds. The van der Waals surface area contributed by atoms with Crippen LogP contribution < -0.4 is 0 Å². The van der Waals surface area contributed by atoms with E-state index < -0.39 is 10.0 Å². The maximum atomic E-state index is 12.8. The predicted molar refractivity (Wildman–Crippen MR) is 100 cm³/mol. The number of nitrogens with zero attached hydrogens (tertiary/aromatic N) is 3. The molecule has 1 aromatic heterocycles. The van der Waals surface area contributed by atoms with E-state index in [0.29, 0.717) is 5.82 Å². The Labute approximate surface area is 153 Å². The third kappa shape index (κ3) is 3.42. The molecule has 0 radical (unpaired) electrons. The molecule has 0 bridgehead atoms. The largest absolute Gasteiger partial charge is 0.284 e. The number of hydrogen-bond acceptors (Lipinski definition) is 4. The summed E-state index contributed by atoms with van der Waals surface area (Å²) in [5, 5.41) is 4.15. The van der Waals surface area contributed by atoms with Crippen LogP contribution >= 0.6 is 0 Å². The molecule has 1 aliphatic rings. The van der Waals surface area contributed by atoms with Crippen LogP contribution in [-0.4, -0.2) is 22.6 Å². The smallest absolute Gasteiger partial charge is 0.214 e. The topological polar surface area (TPSA) is 64.8 Å². The summed E-state index contributed by atoms with van der Waals surface area (Å²) in [5.41, 5.74) is 1.98. The Morgan fingerprint density at radius 3 is 2.35 bits per heavy atom. The second-order valence-corrected chi connectivity index (χ2v) is 8.61. The van der Waals surface area contributed by atoms with Crippen LogP contribution in [0, 0.1) is 5.92 Å². The Hall–Kier alpha value is -2.47. The van der Waals surface area contributed by atoms with Gasteiger partial charge in [-0.1, -0.05) is 68.1 Å².